The molecule has 1 atom stereocenters. The van der Waals surface area contributed by atoms with Crippen LogP contribution in [0.15, 0.2) is 24.3 Å². The van der Waals surface area contributed by atoms with E-state index in [0.29, 0.717) is 0 Å². The molecule has 0 bridgehead atoms. The fourth-order valence-electron chi connectivity index (χ4n) is 2.85. The monoisotopic (exact) mass is 288 g/mol. The first-order chi connectivity index (χ1) is 10.1. The molecule has 21 heavy (non-hydrogen) atoms. The van der Waals surface area contributed by atoms with Crippen molar-refractivity contribution >= 4 is 11.6 Å². The molecule has 1 aromatic carbocycles. The van der Waals surface area contributed by atoms with Gasteiger partial charge in [-0.15, -0.1) is 0 Å². The average molecular weight is 288 g/mol. The van der Waals surface area contributed by atoms with E-state index in [2.05, 4.69) is 29.7 Å². The lowest BCUT2D eigenvalue weighted by atomic mass is 9.90. The Morgan fingerprint density at radius 1 is 1.24 bits per heavy atom. The van der Waals surface area contributed by atoms with Gasteiger partial charge in [-0.25, -0.2) is 0 Å². The summed E-state index contributed by atoms with van der Waals surface area (Å²) in [5.74, 6) is 0.0842. The molecule has 1 aliphatic rings. The molecule has 0 spiro atoms. The highest BCUT2D eigenvalue weighted by atomic mass is 16.2. The second kappa shape index (κ2) is 7.60. The lowest BCUT2D eigenvalue weighted by molar-refractivity contribution is -0.122. The minimum absolute atomic E-state index is 0.0842. The molecule has 1 amide bonds. The van der Waals surface area contributed by atoms with E-state index in [4.69, 9.17) is 0 Å². The summed E-state index contributed by atoms with van der Waals surface area (Å²) < 4.78 is 0. The Morgan fingerprint density at radius 3 is 2.62 bits per heavy atom. The van der Waals surface area contributed by atoms with E-state index >= 15 is 0 Å². The highest BCUT2D eigenvalue weighted by Crippen LogP contribution is 2.21. The standard InChI is InChI=1S/C18H28N2O/c1-3-4-5-8-15-9-11-16(12-10-15)20-17(21)18(2)13-6-7-14-19-18/h9-12,19H,3-8,13-14H2,1-2H3,(H,20,21). The van der Waals surface area contributed by atoms with Crippen LogP contribution < -0.4 is 10.6 Å². The molecule has 2 N–H and O–H groups in total. The van der Waals surface area contributed by atoms with Gasteiger partial charge in [0.15, 0.2) is 0 Å². The van der Waals surface area contributed by atoms with E-state index < -0.39 is 5.54 Å². The number of aryl methyl sites for hydroxylation is 1. The molecule has 3 nitrogen and oxygen atoms in total. The summed E-state index contributed by atoms with van der Waals surface area (Å²) in [6.07, 6.45) is 8.09. The number of hydrogen-bond acceptors (Lipinski definition) is 2. The van der Waals surface area contributed by atoms with Crippen LogP contribution in [0.2, 0.25) is 0 Å². The number of piperidine rings is 1. The molecule has 116 valence electrons. The Labute approximate surface area is 128 Å². The third-order valence-electron chi connectivity index (χ3n) is 4.40. The number of nitrogens with one attached hydrogen (secondary N) is 2. The number of benzene rings is 1. The Bertz CT molecular complexity index is 447. The zero-order valence-electron chi connectivity index (χ0n) is 13.4. The SMILES string of the molecule is CCCCCc1ccc(NC(=O)C2(C)CCCCN2)cc1. The van der Waals surface area contributed by atoms with Crippen molar-refractivity contribution in [1.82, 2.24) is 5.32 Å². The number of anilines is 1. The maximum atomic E-state index is 12.4. The van der Waals surface area contributed by atoms with Gasteiger partial charge in [0.2, 0.25) is 5.91 Å². The van der Waals surface area contributed by atoms with Gasteiger partial charge >= 0.3 is 0 Å². The first-order valence-electron chi connectivity index (χ1n) is 8.29. The van der Waals surface area contributed by atoms with Gasteiger partial charge in [0.25, 0.3) is 0 Å². The molecule has 0 aliphatic carbocycles. The van der Waals surface area contributed by atoms with Crippen molar-refractivity contribution in [3.8, 4) is 0 Å². The molecule has 1 aliphatic heterocycles. The van der Waals surface area contributed by atoms with Gasteiger partial charge in [0.1, 0.15) is 0 Å². The number of rotatable bonds is 6. The Balaban J connectivity index is 1.89. The smallest absolute Gasteiger partial charge is 0.244 e. The third kappa shape index (κ3) is 4.57. The topological polar surface area (TPSA) is 41.1 Å². The normalized spacial score (nSPS) is 22.0. The lowest BCUT2D eigenvalue weighted by Crippen LogP contribution is -2.54. The summed E-state index contributed by atoms with van der Waals surface area (Å²) in [6, 6.07) is 8.29. The summed E-state index contributed by atoms with van der Waals surface area (Å²) in [7, 11) is 0. The summed E-state index contributed by atoms with van der Waals surface area (Å²) in [5.41, 5.74) is 1.83. The van der Waals surface area contributed by atoms with E-state index in [0.717, 1.165) is 37.9 Å². The van der Waals surface area contributed by atoms with Gasteiger partial charge in [-0.1, -0.05) is 31.9 Å². The van der Waals surface area contributed by atoms with Crippen LogP contribution in [0.5, 0.6) is 0 Å². The molecule has 3 heteroatoms. The molecule has 1 unspecified atom stereocenters. The number of carbonyl (C=O) groups excluding carboxylic acids is 1. The van der Waals surface area contributed by atoms with Crippen LogP contribution in [0.1, 0.15) is 57.9 Å². The Hall–Kier alpha value is -1.35. The fourth-order valence-corrected chi connectivity index (χ4v) is 2.85. The van der Waals surface area contributed by atoms with Gasteiger partial charge in [-0.2, -0.15) is 0 Å². The van der Waals surface area contributed by atoms with Crippen molar-refractivity contribution in [2.75, 3.05) is 11.9 Å². The zero-order chi connectivity index (χ0) is 15.1. The molecule has 1 fully saturated rings. The number of carbonyl (C=O) groups is 1. The fraction of sp³-hybridized carbons (Fsp3) is 0.611. The molecule has 0 radical (unpaired) electrons. The molecule has 2 rings (SSSR count). The first kappa shape index (κ1) is 16.0. The second-order valence-corrected chi connectivity index (χ2v) is 6.32. The Morgan fingerprint density at radius 2 is 2.00 bits per heavy atom. The van der Waals surface area contributed by atoms with Crippen LogP contribution in [0, 0.1) is 0 Å². The average Bonchev–Trinajstić information content (AvgIpc) is 2.50. The van der Waals surface area contributed by atoms with Crippen molar-refractivity contribution in [1.29, 1.82) is 0 Å². The van der Waals surface area contributed by atoms with Gasteiger partial charge in [0.05, 0.1) is 5.54 Å². The van der Waals surface area contributed by atoms with Gasteiger partial charge in [-0.3, -0.25) is 4.79 Å². The van der Waals surface area contributed by atoms with Crippen LogP contribution in [0.25, 0.3) is 0 Å². The highest BCUT2D eigenvalue weighted by molar-refractivity contribution is 5.97. The van der Waals surface area contributed by atoms with E-state index in [9.17, 15) is 4.79 Å². The van der Waals surface area contributed by atoms with Gasteiger partial charge in [0, 0.05) is 5.69 Å². The quantitative estimate of drug-likeness (QED) is 0.780. The van der Waals surface area contributed by atoms with Crippen molar-refractivity contribution < 1.29 is 4.79 Å². The van der Waals surface area contributed by atoms with Crippen LogP contribution >= 0.6 is 0 Å². The summed E-state index contributed by atoms with van der Waals surface area (Å²) in [5, 5.41) is 6.39. The van der Waals surface area contributed by atoms with E-state index in [-0.39, 0.29) is 5.91 Å². The molecule has 1 heterocycles. The van der Waals surface area contributed by atoms with Crippen molar-refractivity contribution in [3.05, 3.63) is 29.8 Å². The first-order valence-corrected chi connectivity index (χ1v) is 8.29. The highest BCUT2D eigenvalue weighted by Gasteiger charge is 2.34. The van der Waals surface area contributed by atoms with Crippen LogP contribution in [0.4, 0.5) is 5.69 Å². The zero-order valence-corrected chi connectivity index (χ0v) is 13.4. The maximum Gasteiger partial charge on any atom is 0.244 e. The third-order valence-corrected chi connectivity index (χ3v) is 4.40. The minimum atomic E-state index is -0.419. The molecule has 1 aromatic rings. The number of amides is 1. The molecular weight excluding hydrogens is 260 g/mol. The van der Waals surface area contributed by atoms with Crippen molar-refractivity contribution in [2.24, 2.45) is 0 Å². The maximum absolute atomic E-state index is 12.4. The second-order valence-electron chi connectivity index (χ2n) is 6.32. The summed E-state index contributed by atoms with van der Waals surface area (Å²) in [4.78, 5) is 12.4. The predicted octanol–water partition coefficient (Wildman–Crippen LogP) is 3.89. The summed E-state index contributed by atoms with van der Waals surface area (Å²) in [6.45, 7) is 5.15. The van der Waals surface area contributed by atoms with Crippen molar-refractivity contribution in [2.45, 2.75) is 64.3 Å². The molecular formula is C18H28N2O. The van der Waals surface area contributed by atoms with E-state index in [1.54, 1.807) is 0 Å². The molecule has 0 aromatic heterocycles. The van der Waals surface area contributed by atoms with Crippen LogP contribution in [-0.4, -0.2) is 18.0 Å². The van der Waals surface area contributed by atoms with E-state index in [1.807, 2.05) is 19.1 Å². The largest absolute Gasteiger partial charge is 0.324 e. The number of unbranched alkanes of at least 4 members (excludes halogenated alkanes) is 2. The number of hydrogen-bond donors (Lipinski definition) is 2. The predicted molar refractivity (Wildman–Crippen MR) is 88.6 cm³/mol. The van der Waals surface area contributed by atoms with Gasteiger partial charge < -0.3 is 10.6 Å². The molecule has 0 saturated carbocycles. The van der Waals surface area contributed by atoms with Crippen molar-refractivity contribution in [3.63, 3.8) is 0 Å². The van der Waals surface area contributed by atoms with Crippen LogP contribution in [0.3, 0.4) is 0 Å². The summed E-state index contributed by atoms with van der Waals surface area (Å²) >= 11 is 0. The molecule has 1 saturated heterocycles. The minimum Gasteiger partial charge on any atom is -0.324 e. The lowest BCUT2D eigenvalue weighted by Gasteiger charge is -2.33. The van der Waals surface area contributed by atoms with E-state index in [1.165, 1.54) is 24.8 Å². The van der Waals surface area contributed by atoms with Crippen LogP contribution in [-0.2, 0) is 11.2 Å². The Kier molecular flexibility index (Phi) is 5.80. The van der Waals surface area contributed by atoms with Gasteiger partial charge in [-0.05, 0) is 63.3 Å².